The number of para-hydroxylation sites is 1. The van der Waals surface area contributed by atoms with E-state index in [1.807, 2.05) is 73.7 Å². The number of rotatable bonds is 11. The molecule has 0 aliphatic rings. The minimum atomic E-state index is -0.445. The van der Waals surface area contributed by atoms with E-state index in [0.717, 1.165) is 33.4 Å². The molecule has 1 N–H and O–H groups in total. The Morgan fingerprint density at radius 1 is 0.938 bits per heavy atom. The zero-order valence-corrected chi connectivity index (χ0v) is 28.1. The molecular weight excluding hydrogens is 649 g/mol. The summed E-state index contributed by atoms with van der Waals surface area (Å²) in [6, 6.07) is 23.8. The highest BCUT2D eigenvalue weighted by molar-refractivity contribution is 6.38. The van der Waals surface area contributed by atoms with Crippen molar-refractivity contribution in [1.82, 2.24) is 15.3 Å². The van der Waals surface area contributed by atoms with Gasteiger partial charge in [0.25, 0.3) is 0 Å². The number of nitrogens with one attached hydrogen (secondary N) is 1. The minimum absolute atomic E-state index is 0.0578. The lowest BCUT2D eigenvalue weighted by atomic mass is 10.1. The fourth-order valence-corrected chi connectivity index (χ4v) is 5.53. The molecule has 2 aromatic heterocycles. The van der Waals surface area contributed by atoms with Crippen LogP contribution in [-0.4, -0.2) is 41.3 Å². The van der Waals surface area contributed by atoms with Crippen LogP contribution in [0.15, 0.2) is 97.3 Å². The Hall–Kier alpha value is -5.25. The van der Waals surface area contributed by atoms with Crippen molar-refractivity contribution in [2.75, 3.05) is 23.4 Å². The molecule has 0 aliphatic heterocycles. The summed E-state index contributed by atoms with van der Waals surface area (Å²) in [7, 11) is 1.57. The molecule has 3 amide bonds. The number of aromatic nitrogens is 2. The molecule has 3 aromatic carbocycles. The van der Waals surface area contributed by atoms with E-state index < -0.39 is 5.91 Å². The van der Waals surface area contributed by atoms with Crippen molar-refractivity contribution < 1.29 is 19.1 Å². The fourth-order valence-electron chi connectivity index (χ4n) is 4.93. The van der Waals surface area contributed by atoms with Crippen LogP contribution in [0.3, 0.4) is 0 Å². The SMILES string of the molecule is CC(=O)N(Cc1ccncc1)c1ccc(/C=C/C(=O)NCC(=O)N(C)c2ccc(Cl)c(COc3cccc4ccc(C)nc34)c2Cl)cc1. The van der Waals surface area contributed by atoms with Gasteiger partial charge in [-0.25, -0.2) is 4.98 Å². The highest BCUT2D eigenvalue weighted by Crippen LogP contribution is 2.35. The molecule has 0 aliphatic carbocycles. The highest BCUT2D eigenvalue weighted by atomic mass is 35.5. The maximum absolute atomic E-state index is 13.0. The second-order valence-corrected chi connectivity index (χ2v) is 11.8. The van der Waals surface area contributed by atoms with Crippen molar-refractivity contribution in [3.8, 4) is 5.75 Å². The van der Waals surface area contributed by atoms with Crippen molar-refractivity contribution in [2.24, 2.45) is 0 Å². The Morgan fingerprint density at radius 2 is 1.69 bits per heavy atom. The zero-order valence-electron chi connectivity index (χ0n) is 26.6. The number of amides is 3. The second kappa shape index (κ2) is 15.6. The molecule has 0 saturated carbocycles. The third-order valence-electron chi connectivity index (χ3n) is 7.61. The number of nitrogens with zero attached hydrogens (tertiary/aromatic N) is 4. The van der Waals surface area contributed by atoms with Gasteiger partial charge in [-0.1, -0.05) is 53.5 Å². The first-order valence-electron chi connectivity index (χ1n) is 15.1. The first kappa shape index (κ1) is 34.1. The van der Waals surface area contributed by atoms with Gasteiger partial charge in [-0.2, -0.15) is 0 Å². The molecule has 0 unspecified atom stereocenters. The van der Waals surface area contributed by atoms with Crippen LogP contribution in [-0.2, 0) is 27.5 Å². The maximum Gasteiger partial charge on any atom is 0.246 e. The topological polar surface area (TPSA) is 105 Å². The molecule has 48 heavy (non-hydrogen) atoms. The molecular formula is C37H33Cl2N5O4. The van der Waals surface area contributed by atoms with E-state index in [-0.39, 0.29) is 30.0 Å². The van der Waals surface area contributed by atoms with Crippen LogP contribution >= 0.6 is 23.2 Å². The van der Waals surface area contributed by atoms with Crippen LogP contribution in [0.5, 0.6) is 5.75 Å². The predicted octanol–water partition coefficient (Wildman–Crippen LogP) is 7.17. The summed E-state index contributed by atoms with van der Waals surface area (Å²) in [5.41, 5.74) is 4.97. The number of likely N-dealkylation sites (N-methyl/N-ethyl adjacent to an activating group) is 1. The van der Waals surface area contributed by atoms with Gasteiger partial charge in [0, 0.05) is 59.8 Å². The van der Waals surface area contributed by atoms with Gasteiger partial charge in [-0.05, 0) is 72.7 Å². The number of pyridine rings is 2. The van der Waals surface area contributed by atoms with Crippen LogP contribution < -0.4 is 19.9 Å². The average Bonchev–Trinajstić information content (AvgIpc) is 3.09. The minimum Gasteiger partial charge on any atom is -0.487 e. The normalized spacial score (nSPS) is 11.0. The number of carbonyl (C=O) groups excluding carboxylic acids is 3. The van der Waals surface area contributed by atoms with Crippen molar-refractivity contribution in [1.29, 1.82) is 0 Å². The molecule has 5 rings (SSSR count). The monoisotopic (exact) mass is 681 g/mol. The Morgan fingerprint density at radius 3 is 2.42 bits per heavy atom. The smallest absolute Gasteiger partial charge is 0.246 e. The molecule has 11 heteroatoms. The number of aryl methyl sites for hydroxylation is 1. The second-order valence-electron chi connectivity index (χ2n) is 11.0. The lowest BCUT2D eigenvalue weighted by molar-refractivity contribution is -0.122. The van der Waals surface area contributed by atoms with Gasteiger partial charge in [0.1, 0.15) is 17.9 Å². The van der Waals surface area contributed by atoms with Crippen LogP contribution in [0.1, 0.15) is 29.3 Å². The Bertz CT molecular complexity index is 1980. The molecule has 9 nitrogen and oxygen atoms in total. The van der Waals surface area contributed by atoms with Gasteiger partial charge in [-0.15, -0.1) is 0 Å². The van der Waals surface area contributed by atoms with Gasteiger partial charge in [-0.3, -0.25) is 19.4 Å². The lowest BCUT2D eigenvalue weighted by Gasteiger charge is -2.21. The van der Waals surface area contributed by atoms with Crippen LogP contribution in [0.25, 0.3) is 17.0 Å². The summed E-state index contributed by atoms with van der Waals surface area (Å²) in [5.74, 6) is -0.338. The van der Waals surface area contributed by atoms with Gasteiger partial charge >= 0.3 is 0 Å². The van der Waals surface area contributed by atoms with E-state index in [9.17, 15) is 14.4 Å². The number of hydrogen-bond acceptors (Lipinski definition) is 6. The van der Waals surface area contributed by atoms with Crippen LogP contribution in [0.4, 0.5) is 11.4 Å². The number of hydrogen-bond donors (Lipinski definition) is 1. The number of benzene rings is 3. The van der Waals surface area contributed by atoms with E-state index in [0.29, 0.717) is 28.6 Å². The number of carbonyl (C=O) groups is 3. The molecule has 0 spiro atoms. The summed E-state index contributed by atoms with van der Waals surface area (Å²) in [6.45, 7) is 3.64. The number of anilines is 2. The van der Waals surface area contributed by atoms with E-state index >= 15 is 0 Å². The number of fused-ring (bicyclic) bond motifs is 1. The Labute approximate surface area is 288 Å². The first-order chi connectivity index (χ1) is 23.1. The van der Waals surface area contributed by atoms with E-state index in [4.69, 9.17) is 27.9 Å². The summed E-state index contributed by atoms with van der Waals surface area (Å²) < 4.78 is 6.09. The van der Waals surface area contributed by atoms with E-state index in [1.54, 1.807) is 42.6 Å². The quantitative estimate of drug-likeness (QED) is 0.148. The third-order valence-corrected chi connectivity index (χ3v) is 8.39. The largest absolute Gasteiger partial charge is 0.487 e. The van der Waals surface area contributed by atoms with Gasteiger partial charge in [0.05, 0.1) is 23.8 Å². The lowest BCUT2D eigenvalue weighted by Crippen LogP contribution is -2.37. The molecule has 0 saturated heterocycles. The summed E-state index contributed by atoms with van der Waals surface area (Å²) in [4.78, 5) is 49.5. The highest BCUT2D eigenvalue weighted by Gasteiger charge is 2.19. The standard InChI is InChI=1S/C37H33Cl2N5O4/c1-24-7-11-28-5-4-6-33(37(28)42-24)48-23-30-31(38)14-15-32(36(30)39)43(3)35(47)21-41-34(46)16-10-26-8-12-29(13-9-26)44(25(2)45)22-27-17-19-40-20-18-27/h4-20H,21-23H2,1-3H3,(H,41,46)/b16-10+. The Balaban J connectivity index is 1.18. The fraction of sp³-hybridized carbons (Fsp3) is 0.162. The summed E-state index contributed by atoms with van der Waals surface area (Å²) in [6.07, 6.45) is 6.34. The number of ether oxygens (including phenoxy) is 1. The van der Waals surface area contributed by atoms with E-state index in [1.165, 1.54) is 17.9 Å². The summed E-state index contributed by atoms with van der Waals surface area (Å²) in [5, 5.41) is 4.21. The Kier molecular flexibility index (Phi) is 11.1. The van der Waals surface area contributed by atoms with Gasteiger partial charge in [0.2, 0.25) is 17.7 Å². The molecule has 0 fully saturated rings. The zero-order chi connectivity index (χ0) is 34.2. The van der Waals surface area contributed by atoms with Gasteiger partial charge in [0.15, 0.2) is 0 Å². The van der Waals surface area contributed by atoms with E-state index in [2.05, 4.69) is 15.3 Å². The maximum atomic E-state index is 13.0. The molecule has 0 bridgehead atoms. The van der Waals surface area contributed by atoms with Crippen molar-refractivity contribution in [2.45, 2.75) is 27.0 Å². The van der Waals surface area contributed by atoms with Crippen LogP contribution in [0, 0.1) is 6.92 Å². The molecule has 0 radical (unpaired) electrons. The van der Waals surface area contributed by atoms with Gasteiger partial charge < -0.3 is 19.9 Å². The molecule has 0 atom stereocenters. The van der Waals surface area contributed by atoms with Crippen molar-refractivity contribution in [3.63, 3.8) is 0 Å². The molecule has 244 valence electrons. The average molecular weight is 683 g/mol. The van der Waals surface area contributed by atoms with Crippen LogP contribution in [0.2, 0.25) is 10.0 Å². The first-order valence-corrected chi connectivity index (χ1v) is 15.8. The van der Waals surface area contributed by atoms with Crippen molar-refractivity contribution >= 4 is 69.3 Å². The molecule has 2 heterocycles. The predicted molar refractivity (Wildman–Crippen MR) is 190 cm³/mol. The van der Waals surface area contributed by atoms with Crippen molar-refractivity contribution in [3.05, 3.63) is 130 Å². The third kappa shape index (κ3) is 8.36. The summed E-state index contributed by atoms with van der Waals surface area (Å²) >= 11 is 13.2. The molecule has 5 aromatic rings. The number of halogens is 2.